The van der Waals surface area contributed by atoms with Crippen molar-refractivity contribution in [2.45, 2.75) is 10.9 Å². The van der Waals surface area contributed by atoms with Crippen LogP contribution in [-0.4, -0.2) is 36.4 Å². The summed E-state index contributed by atoms with van der Waals surface area (Å²) in [7, 11) is -2.29. The molecule has 25 heavy (non-hydrogen) atoms. The lowest BCUT2D eigenvalue weighted by atomic mass is 10.1. The van der Waals surface area contributed by atoms with Crippen molar-refractivity contribution in [3.63, 3.8) is 0 Å². The lowest BCUT2D eigenvalue weighted by Gasteiger charge is -2.23. The normalized spacial score (nSPS) is 18.2. The van der Waals surface area contributed by atoms with Crippen molar-refractivity contribution in [1.82, 2.24) is 4.31 Å². The van der Waals surface area contributed by atoms with Crippen LogP contribution in [0.3, 0.4) is 0 Å². The Balaban J connectivity index is 1.98. The maximum Gasteiger partial charge on any atom is 0.270 e. The van der Waals surface area contributed by atoms with Crippen LogP contribution in [-0.2, 0) is 10.0 Å². The van der Waals surface area contributed by atoms with Crippen LogP contribution in [0.25, 0.3) is 0 Å². The van der Waals surface area contributed by atoms with Gasteiger partial charge in [0.25, 0.3) is 5.69 Å². The second kappa shape index (κ2) is 7.03. The number of thioether (sulfide) groups is 1. The molecule has 1 saturated heterocycles. The number of ether oxygens (including phenoxy) is 1. The summed E-state index contributed by atoms with van der Waals surface area (Å²) in [5.74, 6) is 1.57. The number of hydrogen-bond donors (Lipinski definition) is 0. The molecular weight excluding hydrogens is 364 g/mol. The van der Waals surface area contributed by atoms with Crippen molar-refractivity contribution in [2.75, 3.05) is 18.7 Å². The first kappa shape index (κ1) is 17.7. The van der Waals surface area contributed by atoms with Gasteiger partial charge >= 0.3 is 0 Å². The highest BCUT2D eigenvalue weighted by atomic mass is 32.2. The SMILES string of the molecule is COc1cccc(C2CSCN2S(=O)(=O)c2cccc([N+](=O)[O-])c2)c1. The lowest BCUT2D eigenvalue weighted by molar-refractivity contribution is -0.385. The second-order valence-electron chi connectivity index (χ2n) is 5.44. The zero-order valence-electron chi connectivity index (χ0n) is 13.4. The summed E-state index contributed by atoms with van der Waals surface area (Å²) < 4.78 is 32.6. The molecule has 0 aromatic heterocycles. The summed E-state index contributed by atoms with van der Waals surface area (Å²) in [5, 5.41) is 10.9. The Labute approximate surface area is 149 Å². The number of nitro groups is 1. The van der Waals surface area contributed by atoms with Crippen molar-refractivity contribution in [3.05, 3.63) is 64.2 Å². The van der Waals surface area contributed by atoms with Crippen LogP contribution in [0.2, 0.25) is 0 Å². The fourth-order valence-electron chi connectivity index (χ4n) is 2.67. The molecule has 1 heterocycles. The van der Waals surface area contributed by atoms with E-state index >= 15 is 0 Å². The molecule has 3 rings (SSSR count). The number of nitrogens with zero attached hydrogens (tertiary/aromatic N) is 2. The predicted molar refractivity (Wildman–Crippen MR) is 95.2 cm³/mol. The topological polar surface area (TPSA) is 89.8 Å². The molecule has 1 aliphatic heterocycles. The molecular formula is C16H16N2O5S2. The van der Waals surface area contributed by atoms with E-state index in [4.69, 9.17) is 4.74 Å². The Morgan fingerprint density at radius 1 is 1.24 bits per heavy atom. The molecule has 2 aromatic carbocycles. The summed E-state index contributed by atoms with van der Waals surface area (Å²) in [4.78, 5) is 10.3. The zero-order valence-corrected chi connectivity index (χ0v) is 15.0. The highest BCUT2D eigenvalue weighted by Crippen LogP contribution is 2.38. The number of benzene rings is 2. The van der Waals surface area contributed by atoms with Gasteiger partial charge in [-0.25, -0.2) is 8.42 Å². The predicted octanol–water partition coefficient (Wildman–Crippen LogP) is 3.04. The average Bonchev–Trinajstić information content (AvgIpc) is 3.12. The standard InChI is InChI=1S/C16H16N2O5S2/c1-23-14-6-2-4-12(8-14)16-10-24-11-17(16)25(21,22)15-7-3-5-13(9-15)18(19)20/h2-9,16H,10-11H2,1H3. The van der Waals surface area contributed by atoms with Crippen LogP contribution in [0.1, 0.15) is 11.6 Å². The van der Waals surface area contributed by atoms with E-state index in [-0.39, 0.29) is 16.6 Å². The summed E-state index contributed by atoms with van der Waals surface area (Å²) >= 11 is 1.50. The van der Waals surface area contributed by atoms with Gasteiger partial charge in [-0.15, -0.1) is 11.8 Å². The van der Waals surface area contributed by atoms with Crippen LogP contribution < -0.4 is 4.74 Å². The first-order valence-corrected chi connectivity index (χ1v) is 10.0. The molecule has 0 radical (unpaired) electrons. The summed E-state index contributed by atoms with van der Waals surface area (Å²) in [6, 6.07) is 12.1. The Hall–Kier alpha value is -2.10. The molecule has 0 saturated carbocycles. The van der Waals surface area contributed by atoms with Gasteiger partial charge in [0.1, 0.15) is 5.75 Å². The van der Waals surface area contributed by atoms with Crippen LogP contribution in [0.4, 0.5) is 5.69 Å². The zero-order chi connectivity index (χ0) is 18.0. The third kappa shape index (κ3) is 3.48. The molecule has 1 fully saturated rings. The molecule has 9 heteroatoms. The summed E-state index contributed by atoms with van der Waals surface area (Å²) in [6.45, 7) is 0. The van der Waals surface area contributed by atoms with Gasteiger partial charge in [-0.3, -0.25) is 10.1 Å². The molecule has 0 amide bonds. The average molecular weight is 380 g/mol. The van der Waals surface area contributed by atoms with Crippen molar-refractivity contribution < 1.29 is 18.1 Å². The van der Waals surface area contributed by atoms with E-state index in [1.807, 2.05) is 18.2 Å². The van der Waals surface area contributed by atoms with Gasteiger partial charge in [-0.2, -0.15) is 4.31 Å². The summed E-state index contributed by atoms with van der Waals surface area (Å²) in [5.41, 5.74) is 0.587. The fraction of sp³-hybridized carbons (Fsp3) is 0.250. The number of methoxy groups -OCH3 is 1. The van der Waals surface area contributed by atoms with E-state index in [2.05, 4.69) is 0 Å². The largest absolute Gasteiger partial charge is 0.497 e. The highest BCUT2D eigenvalue weighted by molar-refractivity contribution is 8.00. The van der Waals surface area contributed by atoms with Crippen LogP contribution in [0.5, 0.6) is 5.75 Å². The second-order valence-corrected chi connectivity index (χ2v) is 8.33. The Morgan fingerprint density at radius 2 is 2.00 bits per heavy atom. The van der Waals surface area contributed by atoms with E-state index in [1.165, 1.54) is 34.3 Å². The Kier molecular flexibility index (Phi) is 4.98. The first-order chi connectivity index (χ1) is 11.9. The van der Waals surface area contributed by atoms with E-state index in [1.54, 1.807) is 13.2 Å². The fourth-order valence-corrected chi connectivity index (χ4v) is 5.92. The van der Waals surface area contributed by atoms with Crippen molar-refractivity contribution in [3.8, 4) is 5.75 Å². The minimum Gasteiger partial charge on any atom is -0.497 e. The monoisotopic (exact) mass is 380 g/mol. The number of rotatable bonds is 5. The van der Waals surface area contributed by atoms with Gasteiger partial charge in [0, 0.05) is 17.9 Å². The number of sulfonamides is 1. The molecule has 1 atom stereocenters. The molecule has 0 bridgehead atoms. The van der Waals surface area contributed by atoms with Gasteiger partial charge in [0.15, 0.2) is 0 Å². The summed E-state index contributed by atoms with van der Waals surface area (Å²) in [6.07, 6.45) is 0. The van der Waals surface area contributed by atoms with Crippen molar-refractivity contribution in [2.24, 2.45) is 0 Å². The first-order valence-electron chi connectivity index (χ1n) is 7.41. The van der Waals surface area contributed by atoms with Crippen molar-refractivity contribution in [1.29, 1.82) is 0 Å². The molecule has 132 valence electrons. The van der Waals surface area contributed by atoms with Gasteiger partial charge in [-0.05, 0) is 23.8 Å². The number of non-ortho nitro benzene ring substituents is 1. The van der Waals surface area contributed by atoms with E-state index in [0.717, 1.165) is 11.6 Å². The smallest absolute Gasteiger partial charge is 0.270 e. The molecule has 0 spiro atoms. The molecule has 0 N–H and O–H groups in total. The quantitative estimate of drug-likeness (QED) is 0.585. The van der Waals surface area contributed by atoms with Crippen molar-refractivity contribution >= 4 is 27.5 Å². The van der Waals surface area contributed by atoms with Gasteiger partial charge in [0.05, 0.1) is 28.8 Å². The number of nitro benzene ring substituents is 1. The third-order valence-electron chi connectivity index (χ3n) is 3.96. The third-order valence-corrected chi connectivity index (χ3v) is 6.98. The van der Waals surface area contributed by atoms with E-state index < -0.39 is 14.9 Å². The van der Waals surface area contributed by atoms with Crippen LogP contribution >= 0.6 is 11.8 Å². The maximum absolute atomic E-state index is 13.0. The molecule has 0 aliphatic carbocycles. The van der Waals surface area contributed by atoms with Gasteiger partial charge < -0.3 is 4.74 Å². The molecule has 1 unspecified atom stereocenters. The van der Waals surface area contributed by atoms with Crippen LogP contribution in [0.15, 0.2) is 53.4 Å². The van der Waals surface area contributed by atoms with E-state index in [9.17, 15) is 18.5 Å². The van der Waals surface area contributed by atoms with Gasteiger partial charge in [0.2, 0.25) is 10.0 Å². The molecule has 2 aromatic rings. The van der Waals surface area contributed by atoms with E-state index in [0.29, 0.717) is 17.4 Å². The molecule has 7 nitrogen and oxygen atoms in total. The minimum absolute atomic E-state index is 0.0721. The van der Waals surface area contributed by atoms with Gasteiger partial charge in [-0.1, -0.05) is 18.2 Å². The maximum atomic E-state index is 13.0. The highest BCUT2D eigenvalue weighted by Gasteiger charge is 2.37. The Bertz CT molecular complexity index is 901. The number of hydrogen-bond acceptors (Lipinski definition) is 6. The molecule has 1 aliphatic rings. The Morgan fingerprint density at radius 3 is 2.72 bits per heavy atom. The van der Waals surface area contributed by atoms with Crippen LogP contribution in [0, 0.1) is 10.1 Å². The minimum atomic E-state index is -3.84. The lowest BCUT2D eigenvalue weighted by Crippen LogP contribution is -2.31.